The molecule has 0 radical (unpaired) electrons. The summed E-state index contributed by atoms with van der Waals surface area (Å²) >= 11 is 0. The first-order chi connectivity index (χ1) is 10.1. The largest absolute Gasteiger partial charge is 0.369 e. The Balaban J connectivity index is 3.55. The van der Waals surface area contributed by atoms with E-state index in [4.69, 9.17) is 11.2 Å². The van der Waals surface area contributed by atoms with Crippen LogP contribution >= 0.6 is 0 Å². The molecule has 21 heavy (non-hydrogen) atoms. The summed E-state index contributed by atoms with van der Waals surface area (Å²) in [7, 11) is 0. The first-order valence-electron chi connectivity index (χ1n) is 6.62. The van der Waals surface area contributed by atoms with Gasteiger partial charge >= 0.3 is 0 Å². The Hall–Kier alpha value is -2.14. The van der Waals surface area contributed by atoms with Gasteiger partial charge in [0, 0.05) is 26.0 Å². The average Bonchev–Trinajstić information content (AvgIpc) is 2.44. The summed E-state index contributed by atoms with van der Waals surface area (Å²) in [5, 5.41) is 7.46. The van der Waals surface area contributed by atoms with Crippen molar-refractivity contribution in [2.75, 3.05) is 26.4 Å². The number of rotatable bonds is 12. The molecule has 0 rings (SSSR count). The lowest BCUT2D eigenvalue weighted by Crippen LogP contribution is -2.37. The van der Waals surface area contributed by atoms with Gasteiger partial charge in [0.05, 0.1) is 6.04 Å². The third kappa shape index (κ3) is 12.6. The van der Waals surface area contributed by atoms with Crippen LogP contribution < -0.4 is 10.6 Å². The lowest BCUT2D eigenvalue weighted by Gasteiger charge is -2.11. The summed E-state index contributed by atoms with van der Waals surface area (Å²) < 4.78 is 5.03. The van der Waals surface area contributed by atoms with E-state index in [2.05, 4.69) is 26.7 Å². The predicted molar refractivity (Wildman–Crippen MR) is 75.9 cm³/mol. The second kappa shape index (κ2) is 12.9. The number of carbonyl (C=O) groups is 2. The fraction of sp³-hybridized carbons (Fsp3) is 0.692. The number of hydrogen-bond acceptors (Lipinski definition) is 6. The quantitative estimate of drug-likeness (QED) is 0.230. The number of terminal acetylenes is 1. The van der Waals surface area contributed by atoms with Crippen LogP contribution in [0.25, 0.3) is 0 Å². The molecular formula is C13H21N3O5. The van der Waals surface area contributed by atoms with E-state index < -0.39 is 0 Å². The van der Waals surface area contributed by atoms with E-state index in [0.717, 1.165) is 0 Å². The molecule has 1 unspecified atom stereocenters. The molecule has 118 valence electrons. The molecule has 0 aromatic carbocycles. The summed E-state index contributed by atoms with van der Waals surface area (Å²) in [6.45, 7) is 2.61. The molecule has 8 nitrogen and oxygen atoms in total. The fourth-order valence-electron chi connectivity index (χ4n) is 1.40. The molecular weight excluding hydrogens is 278 g/mol. The molecule has 0 bridgehead atoms. The van der Waals surface area contributed by atoms with Crippen molar-refractivity contribution in [3.63, 3.8) is 0 Å². The van der Waals surface area contributed by atoms with Crippen molar-refractivity contribution in [3.05, 3.63) is 4.91 Å². The van der Waals surface area contributed by atoms with E-state index in [-0.39, 0.29) is 44.0 Å². The van der Waals surface area contributed by atoms with Crippen molar-refractivity contribution in [1.29, 1.82) is 0 Å². The monoisotopic (exact) mass is 299 g/mol. The van der Waals surface area contributed by atoms with Gasteiger partial charge in [0.15, 0.2) is 5.34 Å². The minimum atomic E-state index is -0.320. The van der Waals surface area contributed by atoms with Crippen molar-refractivity contribution < 1.29 is 19.2 Å². The fourth-order valence-corrected chi connectivity index (χ4v) is 1.40. The molecule has 0 spiro atoms. The van der Waals surface area contributed by atoms with Crippen LogP contribution in [-0.4, -0.2) is 44.2 Å². The van der Waals surface area contributed by atoms with E-state index in [0.29, 0.717) is 19.4 Å². The number of hydrogen-bond donors (Lipinski definition) is 2. The molecule has 0 aliphatic rings. The maximum absolute atomic E-state index is 11.5. The minimum Gasteiger partial charge on any atom is -0.369 e. The zero-order valence-electron chi connectivity index (χ0n) is 12.1. The van der Waals surface area contributed by atoms with Crippen LogP contribution in [0.5, 0.6) is 0 Å². The van der Waals surface area contributed by atoms with Crippen LogP contribution in [0, 0.1) is 17.3 Å². The Morgan fingerprint density at radius 2 is 2.10 bits per heavy atom. The number of nitrogens with one attached hydrogen (secondary N) is 2. The van der Waals surface area contributed by atoms with Crippen molar-refractivity contribution >= 4 is 11.8 Å². The van der Waals surface area contributed by atoms with Gasteiger partial charge < -0.3 is 20.2 Å². The predicted octanol–water partition coefficient (Wildman–Crippen LogP) is 0.125. The molecule has 0 aliphatic carbocycles. The van der Waals surface area contributed by atoms with Gasteiger partial charge in [-0.15, -0.1) is 11.3 Å². The Bertz CT molecular complexity index is 367. The second-order valence-corrected chi connectivity index (χ2v) is 4.30. The number of nitrogens with zero attached hydrogens (tertiary/aromatic N) is 1. The summed E-state index contributed by atoms with van der Waals surface area (Å²) in [5.74, 6) is 1.95. The third-order valence-corrected chi connectivity index (χ3v) is 2.34. The van der Waals surface area contributed by atoms with E-state index in [1.165, 1.54) is 0 Å². The number of ether oxygens (including phenoxy) is 1. The minimum absolute atomic E-state index is 0.0132. The van der Waals surface area contributed by atoms with Crippen molar-refractivity contribution in [2.45, 2.75) is 32.2 Å². The highest BCUT2D eigenvalue weighted by atomic mass is 16.7. The second-order valence-electron chi connectivity index (χ2n) is 4.30. The van der Waals surface area contributed by atoms with Crippen LogP contribution in [0.15, 0.2) is 5.34 Å². The highest BCUT2D eigenvalue weighted by molar-refractivity contribution is 5.79. The first-order valence-corrected chi connectivity index (χ1v) is 6.62. The molecule has 0 fully saturated rings. The summed E-state index contributed by atoms with van der Waals surface area (Å²) in [6.07, 6.45) is 6.05. The number of carbonyl (C=O) groups excluding carboxylic acids is 2. The van der Waals surface area contributed by atoms with Gasteiger partial charge in [-0.05, 0) is 13.3 Å². The average molecular weight is 299 g/mol. The van der Waals surface area contributed by atoms with Gasteiger partial charge in [-0.25, -0.2) is 0 Å². The van der Waals surface area contributed by atoms with Gasteiger partial charge in [0.25, 0.3) is 0 Å². The topological polar surface area (TPSA) is 106 Å². The van der Waals surface area contributed by atoms with Crippen LogP contribution in [0.2, 0.25) is 0 Å². The molecule has 0 aliphatic heterocycles. The van der Waals surface area contributed by atoms with E-state index >= 15 is 0 Å². The Labute approximate surface area is 123 Å². The molecule has 0 saturated heterocycles. The van der Waals surface area contributed by atoms with Gasteiger partial charge in [-0.1, -0.05) is 5.92 Å². The summed E-state index contributed by atoms with van der Waals surface area (Å²) in [6, 6.07) is -0.320. The maximum atomic E-state index is 11.5. The van der Waals surface area contributed by atoms with E-state index in [1.807, 2.05) is 0 Å². The van der Waals surface area contributed by atoms with Crippen LogP contribution in [0.3, 0.4) is 0 Å². The zero-order chi connectivity index (χ0) is 15.9. The molecule has 2 N–H and O–H groups in total. The van der Waals surface area contributed by atoms with Crippen LogP contribution in [-0.2, 0) is 19.2 Å². The van der Waals surface area contributed by atoms with Crippen molar-refractivity contribution in [1.82, 2.24) is 10.6 Å². The lowest BCUT2D eigenvalue weighted by molar-refractivity contribution is -0.123. The standard InChI is InChI=1S/C13H21N3O5/c1-3-8-20-9-4-5-12(17)14-7-6-13(18)15-11(2)10-21-16-19/h1,11H,4-10H2,2H3,(H,14,17)(H,15,18). The maximum Gasteiger partial charge on any atom is 0.222 e. The molecule has 0 saturated carbocycles. The number of amides is 2. The zero-order valence-corrected chi connectivity index (χ0v) is 12.1. The molecule has 0 aromatic heterocycles. The highest BCUT2D eigenvalue weighted by Gasteiger charge is 2.08. The van der Waals surface area contributed by atoms with Crippen LogP contribution in [0.4, 0.5) is 0 Å². The smallest absolute Gasteiger partial charge is 0.222 e. The van der Waals surface area contributed by atoms with Gasteiger partial charge in [0.2, 0.25) is 11.8 Å². The van der Waals surface area contributed by atoms with Gasteiger partial charge in [0.1, 0.15) is 13.2 Å². The Morgan fingerprint density at radius 3 is 2.76 bits per heavy atom. The summed E-state index contributed by atoms with van der Waals surface area (Å²) in [4.78, 5) is 36.9. The van der Waals surface area contributed by atoms with Gasteiger partial charge in [-0.3, -0.25) is 9.59 Å². The SMILES string of the molecule is C#CCOCCCC(=O)NCCC(=O)NC(C)CON=O. The lowest BCUT2D eigenvalue weighted by atomic mass is 10.3. The highest BCUT2D eigenvalue weighted by Crippen LogP contribution is 1.91. The van der Waals surface area contributed by atoms with Gasteiger partial charge in [-0.2, -0.15) is 0 Å². The van der Waals surface area contributed by atoms with Crippen molar-refractivity contribution in [3.8, 4) is 12.3 Å². The first kappa shape index (κ1) is 18.9. The normalized spacial score (nSPS) is 11.0. The molecule has 1 atom stereocenters. The molecule has 0 aromatic rings. The van der Waals surface area contributed by atoms with E-state index in [9.17, 15) is 14.5 Å². The summed E-state index contributed by atoms with van der Waals surface area (Å²) in [5.41, 5.74) is 0. The van der Waals surface area contributed by atoms with Crippen molar-refractivity contribution in [2.24, 2.45) is 5.34 Å². The van der Waals surface area contributed by atoms with Crippen LogP contribution in [0.1, 0.15) is 26.2 Å². The third-order valence-electron chi connectivity index (χ3n) is 2.34. The molecule has 8 heteroatoms. The molecule has 2 amide bonds. The van der Waals surface area contributed by atoms with E-state index in [1.54, 1.807) is 6.92 Å². The Kier molecular flexibility index (Phi) is 11.6. The molecule has 0 heterocycles. The Morgan fingerprint density at radius 1 is 1.33 bits per heavy atom.